The highest BCUT2D eigenvalue weighted by atomic mass is 16.6. The average molecular weight is 523 g/mol. The Balaban J connectivity index is 1.40. The normalized spacial score (nSPS) is 20.4. The van der Waals surface area contributed by atoms with E-state index in [4.69, 9.17) is 14.2 Å². The summed E-state index contributed by atoms with van der Waals surface area (Å²) in [6.45, 7) is 9.43. The molecular weight excluding hydrogens is 484 g/mol. The number of aliphatic hydroxyl groups is 1. The molecule has 1 N–H and O–H groups in total. The first kappa shape index (κ1) is 27.5. The van der Waals surface area contributed by atoms with Gasteiger partial charge in [0.15, 0.2) is 0 Å². The summed E-state index contributed by atoms with van der Waals surface area (Å²) in [5, 5.41) is 10.4. The van der Waals surface area contributed by atoms with Crippen LogP contribution in [0.1, 0.15) is 44.7 Å². The van der Waals surface area contributed by atoms with Crippen LogP contribution in [-0.4, -0.2) is 71.9 Å². The molecule has 4 rings (SSSR count). The molecule has 0 saturated carbocycles. The number of carbonyl (C=O) groups excluding carboxylic acids is 2. The Bertz CT molecular complexity index is 1130. The van der Waals surface area contributed by atoms with Crippen LogP contribution in [0.4, 0.5) is 4.79 Å². The van der Waals surface area contributed by atoms with E-state index in [1.54, 1.807) is 4.90 Å². The zero-order valence-corrected chi connectivity index (χ0v) is 22.5. The van der Waals surface area contributed by atoms with Crippen molar-refractivity contribution >= 4 is 12.1 Å². The lowest BCUT2D eigenvalue weighted by Crippen LogP contribution is -2.50. The van der Waals surface area contributed by atoms with E-state index in [0.717, 1.165) is 30.3 Å². The summed E-state index contributed by atoms with van der Waals surface area (Å²) >= 11 is 0. The number of ether oxygens (including phenoxy) is 3. The summed E-state index contributed by atoms with van der Waals surface area (Å²) in [5.74, 6) is 0.0851. The topological polar surface area (TPSA) is 88.5 Å². The highest BCUT2D eigenvalue weighted by Crippen LogP contribution is 2.43. The van der Waals surface area contributed by atoms with Crippen molar-refractivity contribution in [3.63, 3.8) is 0 Å². The standard InChI is InChI=1S/C30H38N2O6/c1-29(2,3)38-28(35)32-17-15-31(16-18-32)19-20-36-26-12-8-7-11-25(26)30(22-24(33)21-27(34)37-30)14-13-23-9-5-4-6-10-23/h4-12,21,33H,13-20,22H2,1-3H3. The van der Waals surface area contributed by atoms with E-state index < -0.39 is 17.2 Å². The van der Waals surface area contributed by atoms with Crippen molar-refractivity contribution in [2.24, 2.45) is 0 Å². The van der Waals surface area contributed by atoms with Crippen LogP contribution in [0.2, 0.25) is 0 Å². The molecule has 0 bridgehead atoms. The fraction of sp³-hybridized carbons (Fsp3) is 0.467. The van der Waals surface area contributed by atoms with Crippen LogP contribution in [0.3, 0.4) is 0 Å². The largest absolute Gasteiger partial charge is 0.512 e. The molecule has 1 saturated heterocycles. The summed E-state index contributed by atoms with van der Waals surface area (Å²) in [4.78, 5) is 28.7. The predicted molar refractivity (Wildman–Crippen MR) is 144 cm³/mol. The van der Waals surface area contributed by atoms with Gasteiger partial charge in [-0.15, -0.1) is 0 Å². The maximum absolute atomic E-state index is 12.4. The van der Waals surface area contributed by atoms with E-state index in [1.165, 1.54) is 0 Å². The minimum Gasteiger partial charge on any atom is -0.512 e. The van der Waals surface area contributed by atoms with Crippen LogP contribution in [0.15, 0.2) is 66.4 Å². The Morgan fingerprint density at radius 2 is 1.71 bits per heavy atom. The number of hydrogen-bond donors (Lipinski definition) is 1. The molecule has 2 aliphatic rings. The molecule has 0 radical (unpaired) electrons. The SMILES string of the molecule is CC(C)(C)OC(=O)N1CCN(CCOc2ccccc2C2(CCc3ccccc3)CC(O)=CC(=O)O2)CC1. The molecule has 8 heteroatoms. The van der Waals surface area contributed by atoms with Crippen molar-refractivity contribution in [2.45, 2.75) is 51.2 Å². The molecule has 1 unspecified atom stereocenters. The van der Waals surface area contributed by atoms with E-state index >= 15 is 0 Å². The van der Waals surface area contributed by atoms with Crippen molar-refractivity contribution in [1.29, 1.82) is 0 Å². The monoisotopic (exact) mass is 522 g/mol. The van der Waals surface area contributed by atoms with Gasteiger partial charge in [0.25, 0.3) is 0 Å². The van der Waals surface area contributed by atoms with E-state index in [0.29, 0.717) is 44.8 Å². The molecule has 2 aromatic rings. The number of piperazine rings is 1. The van der Waals surface area contributed by atoms with Crippen molar-refractivity contribution in [3.8, 4) is 5.75 Å². The van der Waals surface area contributed by atoms with Crippen molar-refractivity contribution in [1.82, 2.24) is 9.80 Å². The van der Waals surface area contributed by atoms with Gasteiger partial charge in [0.1, 0.15) is 29.3 Å². The number of aliphatic hydroxyl groups excluding tert-OH is 1. The van der Waals surface area contributed by atoms with Gasteiger partial charge in [0.05, 0.1) is 6.08 Å². The molecule has 204 valence electrons. The maximum atomic E-state index is 12.4. The molecule has 2 heterocycles. The van der Waals surface area contributed by atoms with Gasteiger partial charge in [-0.3, -0.25) is 4.90 Å². The second-order valence-electron chi connectivity index (χ2n) is 10.9. The molecule has 1 fully saturated rings. The second-order valence-corrected chi connectivity index (χ2v) is 10.9. The Labute approximate surface area is 224 Å². The number of nitrogens with zero attached hydrogens (tertiary/aromatic N) is 2. The fourth-order valence-electron chi connectivity index (χ4n) is 4.89. The van der Waals surface area contributed by atoms with E-state index in [-0.39, 0.29) is 18.3 Å². The Morgan fingerprint density at radius 3 is 2.39 bits per heavy atom. The Morgan fingerprint density at radius 1 is 1.03 bits per heavy atom. The summed E-state index contributed by atoms with van der Waals surface area (Å²) in [7, 11) is 0. The maximum Gasteiger partial charge on any atom is 0.410 e. The molecular formula is C30H38N2O6. The molecule has 2 aliphatic heterocycles. The van der Waals surface area contributed by atoms with Crippen LogP contribution in [0.25, 0.3) is 0 Å². The summed E-state index contributed by atoms with van der Waals surface area (Å²) < 4.78 is 17.7. The fourth-order valence-corrected chi connectivity index (χ4v) is 4.89. The predicted octanol–water partition coefficient (Wildman–Crippen LogP) is 4.84. The van der Waals surface area contributed by atoms with Crippen LogP contribution in [0, 0.1) is 0 Å². The second kappa shape index (κ2) is 11.9. The number of hydrogen-bond acceptors (Lipinski definition) is 7. The van der Waals surface area contributed by atoms with E-state index in [9.17, 15) is 14.7 Å². The molecule has 0 aliphatic carbocycles. The van der Waals surface area contributed by atoms with Gasteiger partial charge in [-0.25, -0.2) is 9.59 Å². The Kier molecular flexibility index (Phi) is 8.62. The number of aryl methyl sites for hydroxylation is 1. The molecule has 0 aromatic heterocycles. The first-order valence-electron chi connectivity index (χ1n) is 13.2. The van der Waals surface area contributed by atoms with Gasteiger partial charge < -0.3 is 24.2 Å². The summed E-state index contributed by atoms with van der Waals surface area (Å²) in [5.41, 5.74) is 0.341. The number of cyclic esters (lactones) is 1. The van der Waals surface area contributed by atoms with Crippen molar-refractivity contribution < 1.29 is 28.9 Å². The van der Waals surface area contributed by atoms with Crippen molar-refractivity contribution in [3.05, 3.63) is 77.6 Å². The lowest BCUT2D eigenvalue weighted by atomic mass is 9.82. The molecule has 0 spiro atoms. The zero-order valence-electron chi connectivity index (χ0n) is 22.5. The summed E-state index contributed by atoms with van der Waals surface area (Å²) in [6.07, 6.45) is 2.24. The number of amides is 1. The lowest BCUT2D eigenvalue weighted by molar-refractivity contribution is -0.159. The summed E-state index contributed by atoms with van der Waals surface area (Å²) in [6, 6.07) is 17.6. The highest BCUT2D eigenvalue weighted by Gasteiger charge is 2.42. The molecule has 1 atom stereocenters. The minimum atomic E-state index is -1.03. The minimum absolute atomic E-state index is 0.00646. The van der Waals surface area contributed by atoms with Gasteiger partial charge in [0.2, 0.25) is 0 Å². The average Bonchev–Trinajstić information content (AvgIpc) is 2.87. The van der Waals surface area contributed by atoms with E-state index in [1.807, 2.05) is 75.4 Å². The van der Waals surface area contributed by atoms with Crippen LogP contribution < -0.4 is 4.74 Å². The molecule has 2 aromatic carbocycles. The number of benzene rings is 2. The number of carbonyl (C=O) groups is 2. The lowest BCUT2D eigenvalue weighted by Gasteiger charge is -2.37. The molecule has 8 nitrogen and oxygen atoms in total. The van der Waals surface area contributed by atoms with Crippen LogP contribution in [-0.2, 0) is 26.3 Å². The third kappa shape index (κ3) is 7.28. The van der Waals surface area contributed by atoms with Gasteiger partial charge in [-0.2, -0.15) is 0 Å². The molecule has 1 amide bonds. The quantitative estimate of drug-likeness (QED) is 0.497. The third-order valence-electron chi connectivity index (χ3n) is 6.77. The zero-order chi connectivity index (χ0) is 27.2. The van der Waals surface area contributed by atoms with Crippen LogP contribution >= 0.6 is 0 Å². The van der Waals surface area contributed by atoms with Gasteiger partial charge in [-0.1, -0.05) is 48.5 Å². The number of esters is 1. The van der Waals surface area contributed by atoms with Gasteiger partial charge in [0, 0.05) is 44.7 Å². The smallest absolute Gasteiger partial charge is 0.410 e. The van der Waals surface area contributed by atoms with Gasteiger partial charge >= 0.3 is 12.1 Å². The molecule has 38 heavy (non-hydrogen) atoms. The number of rotatable bonds is 8. The number of para-hydroxylation sites is 1. The first-order chi connectivity index (χ1) is 18.1. The highest BCUT2D eigenvalue weighted by molar-refractivity contribution is 5.84. The third-order valence-corrected chi connectivity index (χ3v) is 6.77. The van der Waals surface area contributed by atoms with Gasteiger partial charge in [-0.05, 0) is 45.2 Å². The first-order valence-corrected chi connectivity index (χ1v) is 13.2. The van der Waals surface area contributed by atoms with Crippen LogP contribution in [0.5, 0.6) is 5.75 Å². The Hall–Kier alpha value is -3.52. The van der Waals surface area contributed by atoms with E-state index in [2.05, 4.69) is 4.90 Å². The van der Waals surface area contributed by atoms with Crippen molar-refractivity contribution in [2.75, 3.05) is 39.3 Å².